The van der Waals surface area contributed by atoms with E-state index in [1.165, 1.54) is 6.92 Å². The van der Waals surface area contributed by atoms with Crippen molar-refractivity contribution in [3.05, 3.63) is 48.2 Å². The number of nitrogens with zero attached hydrogens (tertiary/aromatic N) is 2. The van der Waals surface area contributed by atoms with E-state index in [9.17, 15) is 4.79 Å². The van der Waals surface area contributed by atoms with Gasteiger partial charge in [-0.2, -0.15) is 5.26 Å². The van der Waals surface area contributed by atoms with Gasteiger partial charge in [0.25, 0.3) is 0 Å². The number of aromatic nitrogens is 1. The van der Waals surface area contributed by atoms with Crippen LogP contribution in [0.5, 0.6) is 0 Å². The van der Waals surface area contributed by atoms with Gasteiger partial charge in [0.05, 0.1) is 5.69 Å². The van der Waals surface area contributed by atoms with Gasteiger partial charge in [-0.15, -0.1) is 0 Å². The minimum Gasteiger partial charge on any atom is -0.326 e. The highest BCUT2D eigenvalue weighted by Gasteiger charge is 2.02. The molecule has 0 spiro atoms. The van der Waals surface area contributed by atoms with Gasteiger partial charge in [0, 0.05) is 18.2 Å². The summed E-state index contributed by atoms with van der Waals surface area (Å²) in [6.45, 7) is 1.46. The van der Waals surface area contributed by atoms with E-state index in [4.69, 9.17) is 5.26 Å². The fourth-order valence-corrected chi connectivity index (χ4v) is 1.62. The number of hydrogen-bond donors (Lipinski definition) is 1. The molecule has 0 saturated heterocycles. The summed E-state index contributed by atoms with van der Waals surface area (Å²) in [7, 11) is 0. The second-order valence-corrected chi connectivity index (χ2v) is 3.78. The quantitative estimate of drug-likeness (QED) is 0.872. The van der Waals surface area contributed by atoms with Gasteiger partial charge >= 0.3 is 0 Å². The second kappa shape index (κ2) is 5.11. The first-order valence-corrected chi connectivity index (χ1v) is 5.44. The monoisotopic (exact) mass is 237 g/mol. The highest BCUT2D eigenvalue weighted by molar-refractivity contribution is 5.89. The maximum absolute atomic E-state index is 11.0. The topological polar surface area (TPSA) is 65.8 Å². The zero-order chi connectivity index (χ0) is 13.0. The van der Waals surface area contributed by atoms with Crippen LogP contribution in [0.15, 0.2) is 42.5 Å². The summed E-state index contributed by atoms with van der Waals surface area (Å²) < 4.78 is 0. The molecule has 4 nitrogen and oxygen atoms in total. The van der Waals surface area contributed by atoms with E-state index in [1.54, 1.807) is 18.2 Å². The molecule has 0 aliphatic rings. The normalized spacial score (nSPS) is 9.56. The summed E-state index contributed by atoms with van der Waals surface area (Å²) >= 11 is 0. The van der Waals surface area contributed by atoms with Crippen LogP contribution >= 0.6 is 0 Å². The molecule has 1 amide bonds. The Labute approximate surface area is 105 Å². The number of benzene rings is 1. The van der Waals surface area contributed by atoms with Crippen LogP contribution in [0, 0.1) is 11.3 Å². The van der Waals surface area contributed by atoms with E-state index in [-0.39, 0.29) is 5.91 Å². The fourth-order valence-electron chi connectivity index (χ4n) is 1.62. The molecule has 0 radical (unpaired) electrons. The molecule has 0 aliphatic heterocycles. The van der Waals surface area contributed by atoms with Gasteiger partial charge in [0.15, 0.2) is 0 Å². The lowest BCUT2D eigenvalue weighted by molar-refractivity contribution is -0.114. The minimum absolute atomic E-state index is 0.120. The predicted octanol–water partition coefficient (Wildman–Crippen LogP) is 2.58. The molecule has 2 rings (SSSR count). The summed E-state index contributed by atoms with van der Waals surface area (Å²) in [4.78, 5) is 15.2. The third-order valence-corrected chi connectivity index (χ3v) is 2.34. The molecule has 0 aliphatic carbocycles. The van der Waals surface area contributed by atoms with Crippen molar-refractivity contribution in [1.82, 2.24) is 4.98 Å². The van der Waals surface area contributed by atoms with Gasteiger partial charge in [-0.3, -0.25) is 4.79 Å². The van der Waals surface area contributed by atoms with Crippen LogP contribution in [0.1, 0.15) is 12.6 Å². The average molecular weight is 237 g/mol. The first kappa shape index (κ1) is 11.8. The molecule has 1 N–H and O–H groups in total. The van der Waals surface area contributed by atoms with E-state index in [1.807, 2.05) is 30.3 Å². The number of carbonyl (C=O) groups excluding carboxylic acids is 1. The molecule has 0 bridgehead atoms. The Bertz CT molecular complexity index is 629. The summed E-state index contributed by atoms with van der Waals surface area (Å²) in [5, 5.41) is 11.5. The van der Waals surface area contributed by atoms with Crippen molar-refractivity contribution in [1.29, 1.82) is 5.26 Å². The molecule has 1 heterocycles. The van der Waals surface area contributed by atoms with Gasteiger partial charge in [-0.1, -0.05) is 18.2 Å². The Morgan fingerprint density at radius 2 is 2.06 bits per heavy atom. The standard InChI is InChI=1S/C14H11N3O/c1-10(18)16-12-5-2-4-11(8-12)14-7-3-6-13(9-15)17-14/h2-8H,1H3,(H,16,18). The minimum atomic E-state index is -0.120. The number of pyridine rings is 1. The highest BCUT2D eigenvalue weighted by atomic mass is 16.1. The summed E-state index contributed by atoms with van der Waals surface area (Å²) in [6.07, 6.45) is 0. The van der Waals surface area contributed by atoms with Gasteiger partial charge in [-0.25, -0.2) is 4.98 Å². The van der Waals surface area contributed by atoms with Crippen molar-refractivity contribution in [2.75, 3.05) is 5.32 Å². The van der Waals surface area contributed by atoms with Crippen LogP contribution in [0.2, 0.25) is 0 Å². The Morgan fingerprint density at radius 1 is 1.28 bits per heavy atom. The van der Waals surface area contributed by atoms with Gasteiger partial charge < -0.3 is 5.32 Å². The van der Waals surface area contributed by atoms with E-state index < -0.39 is 0 Å². The Hall–Kier alpha value is -2.67. The molecule has 4 heteroatoms. The predicted molar refractivity (Wildman–Crippen MR) is 68.7 cm³/mol. The summed E-state index contributed by atoms with van der Waals surface area (Å²) in [6, 6.07) is 14.6. The van der Waals surface area contributed by atoms with Crippen molar-refractivity contribution in [3.8, 4) is 17.3 Å². The Balaban J connectivity index is 2.38. The third kappa shape index (κ3) is 2.71. The largest absolute Gasteiger partial charge is 0.326 e. The lowest BCUT2D eigenvalue weighted by atomic mass is 10.1. The number of rotatable bonds is 2. The average Bonchev–Trinajstić information content (AvgIpc) is 2.38. The zero-order valence-electron chi connectivity index (χ0n) is 9.84. The maximum Gasteiger partial charge on any atom is 0.221 e. The molecular formula is C14H11N3O. The van der Waals surface area contributed by atoms with Gasteiger partial charge in [0.1, 0.15) is 11.8 Å². The molecule has 0 fully saturated rings. The Morgan fingerprint density at radius 3 is 2.78 bits per heavy atom. The number of anilines is 1. The van der Waals surface area contributed by atoms with Gasteiger partial charge in [0.2, 0.25) is 5.91 Å². The molecular weight excluding hydrogens is 226 g/mol. The van der Waals surface area contributed by atoms with Crippen molar-refractivity contribution < 1.29 is 4.79 Å². The van der Waals surface area contributed by atoms with Crippen LogP contribution in [-0.2, 0) is 4.79 Å². The smallest absolute Gasteiger partial charge is 0.221 e. The first-order chi connectivity index (χ1) is 8.69. The van der Waals surface area contributed by atoms with Crippen LogP contribution in [-0.4, -0.2) is 10.9 Å². The van der Waals surface area contributed by atoms with Crippen LogP contribution in [0.25, 0.3) is 11.3 Å². The second-order valence-electron chi connectivity index (χ2n) is 3.78. The summed E-state index contributed by atoms with van der Waals surface area (Å²) in [5.74, 6) is -0.120. The molecule has 88 valence electrons. The molecule has 18 heavy (non-hydrogen) atoms. The van der Waals surface area contributed by atoms with Gasteiger partial charge in [-0.05, 0) is 24.3 Å². The fraction of sp³-hybridized carbons (Fsp3) is 0.0714. The van der Waals surface area contributed by atoms with E-state index in [2.05, 4.69) is 10.3 Å². The number of nitrogens with one attached hydrogen (secondary N) is 1. The van der Waals surface area contributed by atoms with Crippen LogP contribution in [0.3, 0.4) is 0 Å². The Kier molecular flexibility index (Phi) is 3.35. The van der Waals surface area contributed by atoms with Crippen LogP contribution < -0.4 is 5.32 Å². The SMILES string of the molecule is CC(=O)Nc1cccc(-c2cccc(C#N)n2)c1. The van der Waals surface area contributed by atoms with E-state index in [0.29, 0.717) is 17.1 Å². The molecule has 1 aromatic heterocycles. The summed E-state index contributed by atoms with van der Waals surface area (Å²) in [5.41, 5.74) is 2.65. The molecule has 2 aromatic rings. The number of amides is 1. The third-order valence-electron chi connectivity index (χ3n) is 2.34. The zero-order valence-corrected chi connectivity index (χ0v) is 9.84. The van der Waals surface area contributed by atoms with E-state index in [0.717, 1.165) is 5.56 Å². The molecule has 0 atom stereocenters. The van der Waals surface area contributed by atoms with E-state index >= 15 is 0 Å². The molecule has 0 saturated carbocycles. The van der Waals surface area contributed by atoms with Crippen molar-refractivity contribution in [2.45, 2.75) is 6.92 Å². The number of nitriles is 1. The lowest BCUT2D eigenvalue weighted by Gasteiger charge is -2.05. The first-order valence-electron chi connectivity index (χ1n) is 5.44. The number of carbonyl (C=O) groups is 1. The molecule has 1 aromatic carbocycles. The lowest BCUT2D eigenvalue weighted by Crippen LogP contribution is -2.05. The van der Waals surface area contributed by atoms with Crippen molar-refractivity contribution in [3.63, 3.8) is 0 Å². The van der Waals surface area contributed by atoms with Crippen molar-refractivity contribution in [2.24, 2.45) is 0 Å². The molecule has 0 unspecified atom stereocenters. The number of hydrogen-bond acceptors (Lipinski definition) is 3. The van der Waals surface area contributed by atoms with Crippen LogP contribution in [0.4, 0.5) is 5.69 Å². The maximum atomic E-state index is 11.0. The highest BCUT2D eigenvalue weighted by Crippen LogP contribution is 2.21. The van der Waals surface area contributed by atoms with Crippen molar-refractivity contribution >= 4 is 11.6 Å².